The quantitative estimate of drug-likeness (QED) is 0.266. The van der Waals surface area contributed by atoms with Crippen LogP contribution in [-0.2, 0) is 11.3 Å². The first-order chi connectivity index (χ1) is 10.3. The van der Waals surface area contributed by atoms with Crippen LogP contribution in [0.5, 0.6) is 5.75 Å². The minimum Gasteiger partial charge on any atom is -0.491 e. The molecule has 3 N–H and O–H groups in total. The van der Waals surface area contributed by atoms with Gasteiger partial charge in [-0.15, -0.1) is 0 Å². The first-order valence-corrected chi connectivity index (χ1v) is 6.48. The molecule has 0 fully saturated rings. The number of oxime groups is 1. The third-order valence-electron chi connectivity index (χ3n) is 2.70. The zero-order valence-electron chi connectivity index (χ0n) is 11.5. The Morgan fingerprint density at radius 2 is 2.00 bits per heavy atom. The van der Waals surface area contributed by atoms with E-state index in [1.54, 1.807) is 12.3 Å². The van der Waals surface area contributed by atoms with E-state index in [4.69, 9.17) is 20.4 Å². The molecule has 0 aliphatic rings. The Labute approximate surface area is 122 Å². The van der Waals surface area contributed by atoms with Crippen molar-refractivity contribution in [2.75, 3.05) is 13.2 Å². The van der Waals surface area contributed by atoms with Gasteiger partial charge in [0.2, 0.25) is 0 Å². The van der Waals surface area contributed by atoms with Crippen molar-refractivity contribution in [2.24, 2.45) is 10.9 Å². The average molecular weight is 287 g/mol. The summed E-state index contributed by atoms with van der Waals surface area (Å²) in [7, 11) is 0. The molecule has 0 radical (unpaired) electrons. The molecule has 0 amide bonds. The maximum Gasteiger partial charge on any atom is 0.188 e. The Balaban J connectivity index is 1.74. The van der Waals surface area contributed by atoms with Crippen LogP contribution in [0.3, 0.4) is 0 Å². The van der Waals surface area contributed by atoms with Crippen LogP contribution >= 0.6 is 0 Å². The molecule has 0 unspecified atom stereocenters. The minimum atomic E-state index is -0.0238. The standard InChI is InChI=1S/C15H17N3O3/c16-15(18-19)14-10-12(6-7-17-14)11-20-8-9-21-13-4-2-1-3-5-13/h1-7,10,19H,8-9,11H2,(H2,16,18). The Morgan fingerprint density at radius 3 is 2.76 bits per heavy atom. The lowest BCUT2D eigenvalue weighted by atomic mass is 10.2. The highest BCUT2D eigenvalue weighted by Gasteiger charge is 2.02. The van der Waals surface area contributed by atoms with E-state index in [9.17, 15) is 0 Å². The molecule has 0 saturated heterocycles. The lowest BCUT2D eigenvalue weighted by Crippen LogP contribution is -2.15. The number of hydrogen-bond acceptors (Lipinski definition) is 5. The van der Waals surface area contributed by atoms with Crippen LogP contribution in [0.25, 0.3) is 0 Å². The Morgan fingerprint density at radius 1 is 1.19 bits per heavy atom. The molecule has 2 rings (SSSR count). The van der Waals surface area contributed by atoms with Gasteiger partial charge in [0, 0.05) is 6.20 Å². The third-order valence-corrected chi connectivity index (χ3v) is 2.70. The fourth-order valence-corrected chi connectivity index (χ4v) is 1.68. The van der Waals surface area contributed by atoms with Gasteiger partial charge in [-0.3, -0.25) is 4.98 Å². The predicted octanol–water partition coefficient (Wildman–Crippen LogP) is 1.77. The van der Waals surface area contributed by atoms with Crippen LogP contribution < -0.4 is 10.5 Å². The summed E-state index contributed by atoms with van der Waals surface area (Å²) in [6, 6.07) is 13.1. The smallest absolute Gasteiger partial charge is 0.188 e. The van der Waals surface area contributed by atoms with E-state index in [0.717, 1.165) is 11.3 Å². The summed E-state index contributed by atoms with van der Waals surface area (Å²) >= 11 is 0. The van der Waals surface area contributed by atoms with Crippen molar-refractivity contribution in [3.63, 3.8) is 0 Å². The number of nitrogens with zero attached hydrogens (tertiary/aromatic N) is 2. The van der Waals surface area contributed by atoms with E-state index in [-0.39, 0.29) is 5.84 Å². The summed E-state index contributed by atoms with van der Waals surface area (Å²) in [4.78, 5) is 4.00. The van der Waals surface area contributed by atoms with Crippen molar-refractivity contribution < 1.29 is 14.7 Å². The predicted molar refractivity (Wildman–Crippen MR) is 78.3 cm³/mol. The van der Waals surface area contributed by atoms with Gasteiger partial charge in [-0.1, -0.05) is 23.4 Å². The Bertz CT molecular complexity index is 588. The van der Waals surface area contributed by atoms with Crippen molar-refractivity contribution in [2.45, 2.75) is 6.61 Å². The maximum absolute atomic E-state index is 8.61. The molecule has 0 aliphatic heterocycles. The summed E-state index contributed by atoms with van der Waals surface area (Å²) in [5.41, 5.74) is 6.79. The van der Waals surface area contributed by atoms with Crippen molar-refractivity contribution >= 4 is 5.84 Å². The van der Waals surface area contributed by atoms with Gasteiger partial charge in [0.05, 0.1) is 13.2 Å². The van der Waals surface area contributed by atoms with Crippen LogP contribution in [0.4, 0.5) is 0 Å². The molecule has 21 heavy (non-hydrogen) atoms. The Hall–Kier alpha value is -2.60. The van der Waals surface area contributed by atoms with Crippen LogP contribution in [0.2, 0.25) is 0 Å². The lowest BCUT2D eigenvalue weighted by molar-refractivity contribution is 0.0889. The minimum absolute atomic E-state index is 0.0238. The summed E-state index contributed by atoms with van der Waals surface area (Å²) in [5, 5.41) is 11.5. The van der Waals surface area contributed by atoms with E-state index < -0.39 is 0 Å². The van der Waals surface area contributed by atoms with Crippen LogP contribution in [-0.4, -0.2) is 29.2 Å². The average Bonchev–Trinajstić information content (AvgIpc) is 2.55. The zero-order valence-corrected chi connectivity index (χ0v) is 11.5. The number of para-hydroxylation sites is 1. The number of pyridine rings is 1. The monoisotopic (exact) mass is 287 g/mol. The molecule has 6 nitrogen and oxygen atoms in total. The second-order valence-corrected chi connectivity index (χ2v) is 4.25. The molecule has 0 aliphatic carbocycles. The number of benzene rings is 1. The first kappa shape index (κ1) is 14.8. The highest BCUT2D eigenvalue weighted by atomic mass is 16.5. The van der Waals surface area contributed by atoms with Crippen molar-refractivity contribution in [3.8, 4) is 5.75 Å². The molecule has 110 valence electrons. The van der Waals surface area contributed by atoms with Gasteiger partial charge in [-0.2, -0.15) is 0 Å². The van der Waals surface area contributed by atoms with Gasteiger partial charge in [0.1, 0.15) is 18.1 Å². The molecule has 1 aromatic carbocycles. The van der Waals surface area contributed by atoms with Crippen molar-refractivity contribution in [3.05, 3.63) is 59.9 Å². The first-order valence-electron chi connectivity index (χ1n) is 6.48. The number of amidine groups is 1. The fraction of sp³-hybridized carbons (Fsp3) is 0.200. The summed E-state index contributed by atoms with van der Waals surface area (Å²) in [5.74, 6) is 0.795. The second-order valence-electron chi connectivity index (χ2n) is 4.25. The largest absolute Gasteiger partial charge is 0.491 e. The number of ether oxygens (including phenoxy) is 2. The molecule has 0 spiro atoms. The number of hydrogen-bond donors (Lipinski definition) is 2. The SMILES string of the molecule is NC(=NO)c1cc(COCCOc2ccccc2)ccn1. The van der Waals surface area contributed by atoms with E-state index >= 15 is 0 Å². The number of aromatic nitrogens is 1. The molecular formula is C15H17N3O3. The van der Waals surface area contributed by atoms with Gasteiger partial charge in [-0.25, -0.2) is 0 Å². The molecule has 6 heteroatoms. The fourth-order valence-electron chi connectivity index (χ4n) is 1.68. The van der Waals surface area contributed by atoms with Crippen LogP contribution in [0.1, 0.15) is 11.3 Å². The van der Waals surface area contributed by atoms with E-state index in [2.05, 4.69) is 10.1 Å². The molecule has 0 saturated carbocycles. The summed E-state index contributed by atoms with van der Waals surface area (Å²) < 4.78 is 11.0. The van der Waals surface area contributed by atoms with Gasteiger partial charge < -0.3 is 20.4 Å². The molecule has 1 heterocycles. The van der Waals surface area contributed by atoms with Gasteiger partial charge >= 0.3 is 0 Å². The van der Waals surface area contributed by atoms with E-state index in [1.807, 2.05) is 36.4 Å². The molecule has 2 aromatic rings. The highest BCUT2D eigenvalue weighted by Crippen LogP contribution is 2.08. The second kappa shape index (κ2) is 7.86. The maximum atomic E-state index is 8.61. The molecule has 0 atom stereocenters. The zero-order chi connectivity index (χ0) is 14.9. The van der Waals surface area contributed by atoms with Crippen molar-refractivity contribution in [1.82, 2.24) is 4.98 Å². The molecule has 1 aromatic heterocycles. The van der Waals surface area contributed by atoms with E-state index in [1.165, 1.54) is 0 Å². The normalized spacial score (nSPS) is 11.3. The summed E-state index contributed by atoms with van der Waals surface area (Å²) in [6.07, 6.45) is 1.59. The van der Waals surface area contributed by atoms with Gasteiger partial charge in [0.15, 0.2) is 5.84 Å². The van der Waals surface area contributed by atoms with Crippen molar-refractivity contribution in [1.29, 1.82) is 0 Å². The third kappa shape index (κ3) is 4.77. The lowest BCUT2D eigenvalue weighted by Gasteiger charge is -2.07. The molecular weight excluding hydrogens is 270 g/mol. The highest BCUT2D eigenvalue weighted by molar-refractivity contribution is 5.95. The number of rotatable bonds is 7. The van der Waals surface area contributed by atoms with Gasteiger partial charge in [0.25, 0.3) is 0 Å². The number of nitrogens with two attached hydrogens (primary N) is 1. The van der Waals surface area contributed by atoms with Crippen LogP contribution in [0, 0.1) is 0 Å². The van der Waals surface area contributed by atoms with Crippen LogP contribution in [0.15, 0.2) is 53.8 Å². The summed E-state index contributed by atoms with van der Waals surface area (Å²) in [6.45, 7) is 1.35. The topological polar surface area (TPSA) is 90.0 Å². The Kier molecular flexibility index (Phi) is 5.54. The molecule has 0 bridgehead atoms. The van der Waals surface area contributed by atoms with E-state index in [0.29, 0.717) is 25.5 Å². The van der Waals surface area contributed by atoms with Gasteiger partial charge in [-0.05, 0) is 29.8 Å².